The molecule has 1 rings (SSSR count). The Balaban J connectivity index is 2.80. The van der Waals surface area contributed by atoms with Gasteiger partial charge in [-0.2, -0.15) is 0 Å². The number of rotatable bonds is 6. The molecule has 1 atom stereocenters. The summed E-state index contributed by atoms with van der Waals surface area (Å²) < 4.78 is 5.12. The second-order valence-electron chi connectivity index (χ2n) is 4.52. The van der Waals surface area contributed by atoms with Crippen molar-refractivity contribution in [3.8, 4) is 0 Å². The lowest BCUT2D eigenvalue weighted by Gasteiger charge is -2.27. The zero-order valence-corrected chi connectivity index (χ0v) is 11.2. The van der Waals surface area contributed by atoms with Gasteiger partial charge < -0.3 is 15.4 Å². The molecule has 0 amide bonds. The standard InChI is InChI=1S/C13H23N3O/c1-10(2)16(7-8-17-4)13-6-5-12(9-15-13)11(3)14/h5-6,9-11H,7-8,14H2,1-4H3. The van der Waals surface area contributed by atoms with Crippen LogP contribution in [0.1, 0.15) is 32.4 Å². The SMILES string of the molecule is COCCN(c1ccc(C(C)N)cn1)C(C)C. The van der Waals surface area contributed by atoms with Crippen molar-refractivity contribution in [3.63, 3.8) is 0 Å². The molecule has 1 unspecified atom stereocenters. The van der Waals surface area contributed by atoms with Crippen LogP contribution in [0.2, 0.25) is 0 Å². The monoisotopic (exact) mass is 237 g/mol. The molecular weight excluding hydrogens is 214 g/mol. The Labute approximate surface area is 104 Å². The molecule has 0 spiro atoms. The number of aromatic nitrogens is 1. The minimum absolute atomic E-state index is 0.0306. The summed E-state index contributed by atoms with van der Waals surface area (Å²) in [7, 11) is 1.71. The second kappa shape index (κ2) is 6.57. The summed E-state index contributed by atoms with van der Waals surface area (Å²) in [5.74, 6) is 0.974. The molecule has 0 radical (unpaired) electrons. The number of ether oxygens (including phenoxy) is 1. The molecule has 4 nitrogen and oxygen atoms in total. The van der Waals surface area contributed by atoms with E-state index in [1.165, 1.54) is 0 Å². The zero-order chi connectivity index (χ0) is 12.8. The third-order valence-corrected chi connectivity index (χ3v) is 2.75. The van der Waals surface area contributed by atoms with E-state index in [9.17, 15) is 0 Å². The van der Waals surface area contributed by atoms with Crippen LogP contribution in [-0.2, 0) is 4.74 Å². The van der Waals surface area contributed by atoms with Crippen LogP contribution >= 0.6 is 0 Å². The van der Waals surface area contributed by atoms with Gasteiger partial charge in [0.2, 0.25) is 0 Å². The summed E-state index contributed by atoms with van der Waals surface area (Å²) in [5, 5.41) is 0. The molecule has 0 saturated carbocycles. The third-order valence-electron chi connectivity index (χ3n) is 2.75. The number of hydrogen-bond acceptors (Lipinski definition) is 4. The fourth-order valence-corrected chi connectivity index (χ4v) is 1.66. The Hall–Kier alpha value is -1.13. The molecule has 0 aliphatic heterocycles. The van der Waals surface area contributed by atoms with Crippen LogP contribution in [0.15, 0.2) is 18.3 Å². The van der Waals surface area contributed by atoms with E-state index in [1.54, 1.807) is 7.11 Å². The van der Waals surface area contributed by atoms with E-state index in [0.717, 1.165) is 17.9 Å². The van der Waals surface area contributed by atoms with Crippen molar-refractivity contribution in [1.29, 1.82) is 0 Å². The molecule has 4 heteroatoms. The van der Waals surface area contributed by atoms with Crippen molar-refractivity contribution in [2.45, 2.75) is 32.9 Å². The minimum atomic E-state index is 0.0306. The molecular formula is C13H23N3O. The van der Waals surface area contributed by atoms with Crippen molar-refractivity contribution in [1.82, 2.24) is 4.98 Å². The summed E-state index contributed by atoms with van der Waals surface area (Å²) in [5.41, 5.74) is 6.87. The Morgan fingerprint density at radius 1 is 1.35 bits per heavy atom. The number of hydrogen-bond donors (Lipinski definition) is 1. The molecule has 0 fully saturated rings. The first-order valence-corrected chi connectivity index (χ1v) is 6.03. The average molecular weight is 237 g/mol. The Kier molecular flexibility index (Phi) is 5.38. The zero-order valence-electron chi connectivity index (χ0n) is 11.2. The number of nitrogens with zero attached hydrogens (tertiary/aromatic N) is 2. The van der Waals surface area contributed by atoms with Crippen molar-refractivity contribution in [2.24, 2.45) is 5.73 Å². The summed E-state index contributed by atoms with van der Waals surface area (Å²) in [4.78, 5) is 6.68. The van der Waals surface area contributed by atoms with E-state index in [1.807, 2.05) is 25.3 Å². The van der Waals surface area contributed by atoms with E-state index in [0.29, 0.717) is 12.6 Å². The van der Waals surface area contributed by atoms with E-state index in [4.69, 9.17) is 10.5 Å². The summed E-state index contributed by atoms with van der Waals surface area (Å²) in [6, 6.07) is 4.49. The fourth-order valence-electron chi connectivity index (χ4n) is 1.66. The normalized spacial score (nSPS) is 12.8. The van der Waals surface area contributed by atoms with Crippen LogP contribution in [0.3, 0.4) is 0 Å². The van der Waals surface area contributed by atoms with Gasteiger partial charge in [0.25, 0.3) is 0 Å². The quantitative estimate of drug-likeness (QED) is 0.821. The van der Waals surface area contributed by atoms with E-state index in [2.05, 4.69) is 23.7 Å². The first-order chi connectivity index (χ1) is 8.06. The number of methoxy groups -OCH3 is 1. The highest BCUT2D eigenvalue weighted by atomic mass is 16.5. The van der Waals surface area contributed by atoms with Gasteiger partial charge in [-0.3, -0.25) is 0 Å². The smallest absolute Gasteiger partial charge is 0.128 e. The molecule has 0 aliphatic rings. The maximum absolute atomic E-state index is 5.81. The number of pyridine rings is 1. The fraction of sp³-hybridized carbons (Fsp3) is 0.615. The van der Waals surface area contributed by atoms with Gasteiger partial charge in [0.1, 0.15) is 5.82 Å². The van der Waals surface area contributed by atoms with Crippen molar-refractivity contribution < 1.29 is 4.74 Å². The van der Waals surface area contributed by atoms with E-state index in [-0.39, 0.29) is 6.04 Å². The summed E-state index contributed by atoms with van der Waals surface area (Å²) in [6.45, 7) is 7.81. The van der Waals surface area contributed by atoms with Crippen molar-refractivity contribution in [2.75, 3.05) is 25.2 Å². The van der Waals surface area contributed by atoms with Crippen LogP contribution in [0.5, 0.6) is 0 Å². The Morgan fingerprint density at radius 3 is 2.47 bits per heavy atom. The predicted octanol–water partition coefficient (Wildman–Crippen LogP) is 1.96. The van der Waals surface area contributed by atoms with Gasteiger partial charge in [-0.15, -0.1) is 0 Å². The highest BCUT2D eigenvalue weighted by Gasteiger charge is 2.11. The van der Waals surface area contributed by atoms with Gasteiger partial charge in [0.05, 0.1) is 6.61 Å². The van der Waals surface area contributed by atoms with Gasteiger partial charge in [-0.25, -0.2) is 4.98 Å². The molecule has 0 bridgehead atoms. The van der Waals surface area contributed by atoms with Gasteiger partial charge in [-0.1, -0.05) is 6.07 Å². The lowest BCUT2D eigenvalue weighted by Crippen LogP contribution is -2.34. The molecule has 1 aromatic heterocycles. The highest BCUT2D eigenvalue weighted by Crippen LogP contribution is 2.16. The highest BCUT2D eigenvalue weighted by molar-refractivity contribution is 5.40. The van der Waals surface area contributed by atoms with Crippen LogP contribution < -0.4 is 10.6 Å². The van der Waals surface area contributed by atoms with Crippen LogP contribution in [0, 0.1) is 0 Å². The molecule has 0 aromatic carbocycles. The largest absolute Gasteiger partial charge is 0.383 e. The van der Waals surface area contributed by atoms with Gasteiger partial charge >= 0.3 is 0 Å². The van der Waals surface area contributed by atoms with Gasteiger partial charge in [0, 0.05) is 31.9 Å². The minimum Gasteiger partial charge on any atom is -0.383 e. The average Bonchev–Trinajstić information content (AvgIpc) is 2.29. The van der Waals surface area contributed by atoms with Crippen LogP contribution in [-0.4, -0.2) is 31.3 Å². The molecule has 2 N–H and O–H groups in total. The Bertz CT molecular complexity index is 322. The van der Waals surface area contributed by atoms with Crippen molar-refractivity contribution in [3.05, 3.63) is 23.9 Å². The van der Waals surface area contributed by atoms with E-state index < -0.39 is 0 Å². The van der Waals surface area contributed by atoms with Gasteiger partial charge in [0.15, 0.2) is 0 Å². The molecule has 17 heavy (non-hydrogen) atoms. The summed E-state index contributed by atoms with van der Waals surface area (Å²) >= 11 is 0. The number of anilines is 1. The first kappa shape index (κ1) is 13.9. The Morgan fingerprint density at radius 2 is 2.06 bits per heavy atom. The molecule has 0 aliphatic carbocycles. The lowest BCUT2D eigenvalue weighted by molar-refractivity contribution is 0.203. The third kappa shape index (κ3) is 3.98. The summed E-state index contributed by atoms with van der Waals surface area (Å²) in [6.07, 6.45) is 1.85. The molecule has 0 saturated heterocycles. The first-order valence-electron chi connectivity index (χ1n) is 6.03. The maximum atomic E-state index is 5.81. The number of nitrogens with two attached hydrogens (primary N) is 1. The lowest BCUT2D eigenvalue weighted by atomic mass is 10.1. The maximum Gasteiger partial charge on any atom is 0.128 e. The molecule has 96 valence electrons. The van der Waals surface area contributed by atoms with Crippen LogP contribution in [0.4, 0.5) is 5.82 Å². The van der Waals surface area contributed by atoms with Crippen LogP contribution in [0.25, 0.3) is 0 Å². The molecule has 1 heterocycles. The topological polar surface area (TPSA) is 51.4 Å². The van der Waals surface area contributed by atoms with Gasteiger partial charge in [-0.05, 0) is 32.4 Å². The molecule has 1 aromatic rings. The predicted molar refractivity (Wildman–Crippen MR) is 71.2 cm³/mol. The van der Waals surface area contributed by atoms with Crippen molar-refractivity contribution >= 4 is 5.82 Å². The second-order valence-corrected chi connectivity index (χ2v) is 4.52. The van der Waals surface area contributed by atoms with E-state index >= 15 is 0 Å².